The van der Waals surface area contributed by atoms with Gasteiger partial charge in [-0.25, -0.2) is 4.79 Å². The molecule has 0 aliphatic rings. The number of hydrogen-bond donors (Lipinski definition) is 1. The minimum Gasteiger partial charge on any atom is -0.497 e. The van der Waals surface area contributed by atoms with E-state index in [0.29, 0.717) is 5.69 Å². The van der Waals surface area contributed by atoms with E-state index in [-0.39, 0.29) is 5.56 Å². The molecule has 0 atom stereocenters. The predicted molar refractivity (Wildman–Crippen MR) is 73.6 cm³/mol. The van der Waals surface area contributed by atoms with Gasteiger partial charge in [0.1, 0.15) is 5.75 Å². The Morgan fingerprint density at radius 1 is 1.21 bits per heavy atom. The summed E-state index contributed by atoms with van der Waals surface area (Å²) in [6, 6.07) is 14.0. The number of carboxylic acids is 1. The first-order valence-corrected chi connectivity index (χ1v) is 5.71. The van der Waals surface area contributed by atoms with E-state index in [1.807, 2.05) is 24.3 Å². The number of hydrogen-bond acceptors (Lipinski definition) is 3. The summed E-state index contributed by atoms with van der Waals surface area (Å²) in [6.07, 6.45) is 1.62. The van der Waals surface area contributed by atoms with Crippen molar-refractivity contribution in [3.05, 3.63) is 59.7 Å². The lowest BCUT2D eigenvalue weighted by molar-refractivity contribution is 0.0698. The van der Waals surface area contributed by atoms with E-state index >= 15 is 0 Å². The Morgan fingerprint density at radius 3 is 2.74 bits per heavy atom. The lowest BCUT2D eigenvalue weighted by atomic mass is 10.2. The molecule has 1 N–H and O–H groups in total. The Hall–Kier alpha value is -2.62. The van der Waals surface area contributed by atoms with Gasteiger partial charge in [0, 0.05) is 6.21 Å². The lowest BCUT2D eigenvalue weighted by Gasteiger charge is -2.01. The molecule has 0 bridgehead atoms. The highest BCUT2D eigenvalue weighted by Crippen LogP contribution is 2.19. The molecule has 0 aromatic heterocycles. The highest BCUT2D eigenvalue weighted by molar-refractivity contribution is 5.95. The molecule has 0 unspecified atom stereocenters. The molecular formula is C15H13NO3. The molecule has 0 heterocycles. The third-order valence-corrected chi connectivity index (χ3v) is 2.58. The van der Waals surface area contributed by atoms with Gasteiger partial charge in [0.05, 0.1) is 18.4 Å². The van der Waals surface area contributed by atoms with Gasteiger partial charge in [0.25, 0.3) is 0 Å². The van der Waals surface area contributed by atoms with Crippen LogP contribution in [0.1, 0.15) is 15.9 Å². The third-order valence-electron chi connectivity index (χ3n) is 2.58. The zero-order valence-corrected chi connectivity index (χ0v) is 10.4. The van der Waals surface area contributed by atoms with Crippen LogP contribution < -0.4 is 4.74 Å². The van der Waals surface area contributed by atoms with Crippen molar-refractivity contribution in [1.82, 2.24) is 0 Å². The second-order valence-electron chi connectivity index (χ2n) is 3.86. The Labute approximate surface area is 111 Å². The highest BCUT2D eigenvalue weighted by atomic mass is 16.5. The van der Waals surface area contributed by atoms with Crippen LogP contribution in [0.2, 0.25) is 0 Å². The van der Waals surface area contributed by atoms with Crippen molar-refractivity contribution in [2.45, 2.75) is 0 Å². The number of ether oxygens (including phenoxy) is 1. The molecule has 0 radical (unpaired) electrons. The van der Waals surface area contributed by atoms with Crippen LogP contribution in [-0.4, -0.2) is 24.4 Å². The number of carboxylic acid groups (broad SMARTS) is 1. The van der Waals surface area contributed by atoms with Crippen molar-refractivity contribution in [2.24, 2.45) is 4.99 Å². The average Bonchev–Trinajstić information content (AvgIpc) is 2.45. The predicted octanol–water partition coefficient (Wildman–Crippen LogP) is 3.14. The zero-order valence-electron chi connectivity index (χ0n) is 10.4. The smallest absolute Gasteiger partial charge is 0.337 e. The van der Waals surface area contributed by atoms with Crippen molar-refractivity contribution < 1.29 is 14.6 Å². The van der Waals surface area contributed by atoms with Crippen molar-refractivity contribution in [1.29, 1.82) is 0 Å². The molecule has 2 aromatic carbocycles. The fourth-order valence-electron chi connectivity index (χ4n) is 1.63. The topological polar surface area (TPSA) is 58.9 Å². The molecule has 0 fully saturated rings. The Balaban J connectivity index is 2.30. The third kappa shape index (κ3) is 3.19. The van der Waals surface area contributed by atoms with Crippen LogP contribution in [0.4, 0.5) is 5.69 Å². The molecule has 0 amide bonds. The summed E-state index contributed by atoms with van der Waals surface area (Å²) in [5.74, 6) is -0.256. The van der Waals surface area contributed by atoms with Crippen LogP contribution in [0.3, 0.4) is 0 Å². The van der Waals surface area contributed by atoms with Crippen LogP contribution in [0.25, 0.3) is 0 Å². The molecule has 96 valence electrons. The fourth-order valence-corrected chi connectivity index (χ4v) is 1.63. The molecular weight excluding hydrogens is 242 g/mol. The van der Waals surface area contributed by atoms with E-state index in [2.05, 4.69) is 4.99 Å². The van der Waals surface area contributed by atoms with Crippen LogP contribution in [0, 0.1) is 0 Å². The summed E-state index contributed by atoms with van der Waals surface area (Å²) in [4.78, 5) is 15.3. The van der Waals surface area contributed by atoms with E-state index in [9.17, 15) is 4.79 Å². The normalized spacial score (nSPS) is 10.6. The van der Waals surface area contributed by atoms with Crippen molar-refractivity contribution in [3.63, 3.8) is 0 Å². The molecule has 0 saturated heterocycles. The molecule has 19 heavy (non-hydrogen) atoms. The first-order chi connectivity index (χ1) is 9.20. The molecule has 0 aliphatic carbocycles. The summed E-state index contributed by atoms with van der Waals surface area (Å²) in [5.41, 5.74) is 1.46. The second-order valence-corrected chi connectivity index (χ2v) is 3.86. The van der Waals surface area contributed by atoms with Crippen molar-refractivity contribution in [3.8, 4) is 5.75 Å². The van der Waals surface area contributed by atoms with Gasteiger partial charge >= 0.3 is 5.97 Å². The zero-order chi connectivity index (χ0) is 13.7. The molecule has 2 aromatic rings. The largest absolute Gasteiger partial charge is 0.497 e. The number of aromatic carboxylic acids is 1. The number of carbonyl (C=O) groups is 1. The highest BCUT2D eigenvalue weighted by Gasteiger charge is 2.07. The number of nitrogens with zero attached hydrogens (tertiary/aromatic N) is 1. The summed E-state index contributed by atoms with van der Waals surface area (Å²) < 4.78 is 5.11. The SMILES string of the molecule is COc1cccc(C=Nc2ccccc2C(=O)O)c1. The van der Waals surface area contributed by atoms with Gasteiger partial charge in [0.15, 0.2) is 0 Å². The van der Waals surface area contributed by atoms with Crippen molar-refractivity contribution in [2.75, 3.05) is 7.11 Å². The number of aliphatic imine (C=N–C) groups is 1. The number of methoxy groups -OCH3 is 1. The standard InChI is InChI=1S/C15H13NO3/c1-19-12-6-4-5-11(9-12)10-16-14-8-3-2-7-13(14)15(17)18/h2-10H,1H3,(H,17,18). The molecule has 0 spiro atoms. The Bertz CT molecular complexity index is 620. The summed E-state index contributed by atoms with van der Waals surface area (Å²) >= 11 is 0. The average molecular weight is 255 g/mol. The van der Waals surface area contributed by atoms with Gasteiger partial charge in [-0.05, 0) is 29.8 Å². The van der Waals surface area contributed by atoms with Crippen LogP contribution >= 0.6 is 0 Å². The fraction of sp³-hybridized carbons (Fsp3) is 0.0667. The van der Waals surface area contributed by atoms with Crippen molar-refractivity contribution >= 4 is 17.9 Å². The number of benzene rings is 2. The Kier molecular flexibility index (Phi) is 3.93. The molecule has 0 saturated carbocycles. The first-order valence-electron chi connectivity index (χ1n) is 5.71. The quantitative estimate of drug-likeness (QED) is 0.854. The monoisotopic (exact) mass is 255 g/mol. The van der Waals surface area contributed by atoms with Crippen LogP contribution in [0.15, 0.2) is 53.5 Å². The minimum absolute atomic E-state index is 0.182. The second kappa shape index (κ2) is 5.82. The van der Waals surface area contributed by atoms with E-state index in [4.69, 9.17) is 9.84 Å². The van der Waals surface area contributed by atoms with Gasteiger partial charge in [-0.3, -0.25) is 4.99 Å². The molecule has 2 rings (SSSR count). The Morgan fingerprint density at radius 2 is 2.00 bits per heavy atom. The van der Waals surface area contributed by atoms with E-state index in [1.54, 1.807) is 31.5 Å². The van der Waals surface area contributed by atoms with Gasteiger partial charge < -0.3 is 9.84 Å². The first kappa shape index (κ1) is 12.8. The van der Waals surface area contributed by atoms with Crippen LogP contribution in [0.5, 0.6) is 5.75 Å². The summed E-state index contributed by atoms with van der Waals surface area (Å²) in [7, 11) is 1.59. The molecule has 4 heteroatoms. The number of rotatable bonds is 4. The maximum Gasteiger partial charge on any atom is 0.337 e. The van der Waals surface area contributed by atoms with Gasteiger partial charge in [-0.2, -0.15) is 0 Å². The maximum absolute atomic E-state index is 11.0. The van der Waals surface area contributed by atoms with E-state index in [0.717, 1.165) is 11.3 Å². The van der Waals surface area contributed by atoms with Crippen LogP contribution in [-0.2, 0) is 0 Å². The van der Waals surface area contributed by atoms with Gasteiger partial charge in [0.2, 0.25) is 0 Å². The van der Waals surface area contributed by atoms with E-state index < -0.39 is 5.97 Å². The molecule has 4 nitrogen and oxygen atoms in total. The molecule has 0 aliphatic heterocycles. The number of para-hydroxylation sites is 1. The maximum atomic E-state index is 11.0. The summed E-state index contributed by atoms with van der Waals surface area (Å²) in [5, 5.41) is 9.05. The minimum atomic E-state index is -0.988. The van der Waals surface area contributed by atoms with E-state index in [1.165, 1.54) is 6.07 Å². The van der Waals surface area contributed by atoms with Gasteiger partial charge in [-0.1, -0.05) is 24.3 Å². The lowest BCUT2D eigenvalue weighted by Crippen LogP contribution is -1.96. The summed E-state index contributed by atoms with van der Waals surface area (Å²) in [6.45, 7) is 0. The van der Waals surface area contributed by atoms with Gasteiger partial charge in [-0.15, -0.1) is 0 Å².